The Labute approximate surface area is 123 Å². The van der Waals surface area contributed by atoms with Crippen LogP contribution in [0, 0.1) is 6.92 Å². The Kier molecular flexibility index (Phi) is 4.79. The van der Waals surface area contributed by atoms with Crippen LogP contribution < -0.4 is 10.5 Å². The molecule has 0 aliphatic rings. The van der Waals surface area contributed by atoms with Gasteiger partial charge >= 0.3 is 0 Å². The van der Waals surface area contributed by atoms with Crippen molar-refractivity contribution in [3.63, 3.8) is 0 Å². The summed E-state index contributed by atoms with van der Waals surface area (Å²) in [5.41, 5.74) is 8.09. The fourth-order valence-electron chi connectivity index (χ4n) is 2.03. The number of oxime groups is 1. The topological polar surface area (TPSA) is 88.1 Å². The van der Waals surface area contributed by atoms with Crippen molar-refractivity contribution in [2.75, 3.05) is 6.61 Å². The van der Waals surface area contributed by atoms with Crippen molar-refractivity contribution in [3.8, 4) is 11.5 Å². The average molecular weight is 286 g/mol. The number of benzene rings is 2. The minimum Gasteiger partial charge on any atom is -0.456 e. The van der Waals surface area contributed by atoms with E-state index in [0.29, 0.717) is 23.5 Å². The van der Waals surface area contributed by atoms with E-state index in [1.807, 2.05) is 43.3 Å². The van der Waals surface area contributed by atoms with E-state index in [1.54, 1.807) is 6.07 Å². The summed E-state index contributed by atoms with van der Waals surface area (Å²) in [6.45, 7) is 1.98. The summed E-state index contributed by atoms with van der Waals surface area (Å²) in [5, 5.41) is 21.0. The number of amidine groups is 1. The normalized spacial score (nSPS) is 11.4. The Balaban J connectivity index is 2.42. The van der Waals surface area contributed by atoms with E-state index < -0.39 is 0 Å². The van der Waals surface area contributed by atoms with E-state index in [1.165, 1.54) is 0 Å². The number of aliphatic hydroxyl groups is 1. The second kappa shape index (κ2) is 6.76. The molecule has 2 aromatic rings. The molecule has 0 saturated heterocycles. The molecule has 0 aromatic heterocycles. The van der Waals surface area contributed by atoms with Crippen LogP contribution in [-0.4, -0.2) is 22.8 Å². The maximum absolute atomic E-state index is 9.11. The summed E-state index contributed by atoms with van der Waals surface area (Å²) >= 11 is 0. The van der Waals surface area contributed by atoms with Gasteiger partial charge in [-0.15, -0.1) is 0 Å². The van der Waals surface area contributed by atoms with Crippen LogP contribution in [0.1, 0.15) is 16.7 Å². The van der Waals surface area contributed by atoms with Crippen LogP contribution >= 0.6 is 0 Å². The van der Waals surface area contributed by atoms with Crippen LogP contribution in [0.5, 0.6) is 11.5 Å². The zero-order valence-corrected chi connectivity index (χ0v) is 11.8. The summed E-state index contributed by atoms with van der Waals surface area (Å²) < 4.78 is 5.91. The lowest BCUT2D eigenvalue weighted by atomic mass is 10.1. The largest absolute Gasteiger partial charge is 0.456 e. The van der Waals surface area contributed by atoms with Crippen LogP contribution in [0.3, 0.4) is 0 Å². The maximum Gasteiger partial charge on any atom is 0.173 e. The molecule has 5 heteroatoms. The predicted molar refractivity (Wildman–Crippen MR) is 81.0 cm³/mol. The van der Waals surface area contributed by atoms with Gasteiger partial charge in [-0.2, -0.15) is 0 Å². The Morgan fingerprint density at radius 2 is 1.95 bits per heavy atom. The van der Waals surface area contributed by atoms with Crippen molar-refractivity contribution in [1.29, 1.82) is 0 Å². The molecule has 0 heterocycles. The number of aryl methyl sites for hydroxylation is 1. The first kappa shape index (κ1) is 14.9. The van der Waals surface area contributed by atoms with Gasteiger partial charge in [0.05, 0.1) is 5.56 Å². The van der Waals surface area contributed by atoms with Crippen molar-refractivity contribution >= 4 is 5.84 Å². The molecule has 0 radical (unpaired) electrons. The Morgan fingerprint density at radius 1 is 1.19 bits per heavy atom. The number of para-hydroxylation sites is 1. The molecule has 0 bridgehead atoms. The smallest absolute Gasteiger partial charge is 0.173 e. The summed E-state index contributed by atoms with van der Waals surface area (Å²) in [7, 11) is 0. The molecule has 0 spiro atoms. The van der Waals surface area contributed by atoms with E-state index in [4.69, 9.17) is 20.8 Å². The molecule has 0 saturated carbocycles. The molecule has 110 valence electrons. The van der Waals surface area contributed by atoms with Gasteiger partial charge in [-0.05, 0) is 42.7 Å². The lowest BCUT2D eigenvalue weighted by molar-refractivity contribution is 0.298. The van der Waals surface area contributed by atoms with Crippen molar-refractivity contribution in [2.24, 2.45) is 10.9 Å². The highest BCUT2D eigenvalue weighted by atomic mass is 16.5. The van der Waals surface area contributed by atoms with E-state index in [0.717, 1.165) is 11.1 Å². The fourth-order valence-corrected chi connectivity index (χ4v) is 2.03. The van der Waals surface area contributed by atoms with E-state index >= 15 is 0 Å². The third-order valence-electron chi connectivity index (χ3n) is 3.09. The summed E-state index contributed by atoms with van der Waals surface area (Å²) in [5.74, 6) is 1.14. The molecule has 5 nitrogen and oxygen atoms in total. The standard InChI is InChI=1S/C16H18N2O3/c1-11-6-7-13(16(17)18-20)15(10-11)21-14-5-3-2-4-12(14)8-9-19/h2-7,10,19-20H,8-9H2,1H3,(H2,17,18). The molecule has 0 aliphatic heterocycles. The first-order valence-electron chi connectivity index (χ1n) is 6.61. The molecule has 21 heavy (non-hydrogen) atoms. The number of hydrogen-bond acceptors (Lipinski definition) is 4. The van der Waals surface area contributed by atoms with Gasteiger partial charge in [0.2, 0.25) is 0 Å². The van der Waals surface area contributed by atoms with Gasteiger partial charge < -0.3 is 20.8 Å². The first-order chi connectivity index (χ1) is 10.2. The molecule has 0 aliphatic carbocycles. The minimum absolute atomic E-state index is 0.00959. The van der Waals surface area contributed by atoms with E-state index in [9.17, 15) is 0 Å². The molecule has 0 atom stereocenters. The number of rotatable bonds is 5. The summed E-state index contributed by atoms with van der Waals surface area (Å²) in [4.78, 5) is 0. The quantitative estimate of drug-likeness (QED) is 0.341. The zero-order valence-electron chi connectivity index (χ0n) is 11.8. The highest BCUT2D eigenvalue weighted by molar-refractivity contribution is 5.99. The van der Waals surface area contributed by atoms with Crippen molar-refractivity contribution < 1.29 is 15.1 Å². The lowest BCUT2D eigenvalue weighted by Gasteiger charge is -2.14. The molecule has 2 rings (SSSR count). The number of ether oxygens (including phenoxy) is 1. The number of nitrogens with two attached hydrogens (primary N) is 1. The third kappa shape index (κ3) is 3.52. The van der Waals surface area contributed by atoms with Gasteiger partial charge in [0, 0.05) is 6.61 Å². The van der Waals surface area contributed by atoms with Gasteiger partial charge in [-0.25, -0.2) is 0 Å². The van der Waals surface area contributed by atoms with E-state index in [-0.39, 0.29) is 12.4 Å². The van der Waals surface area contributed by atoms with Crippen molar-refractivity contribution in [2.45, 2.75) is 13.3 Å². The number of aliphatic hydroxyl groups excluding tert-OH is 1. The summed E-state index contributed by atoms with van der Waals surface area (Å²) in [6.07, 6.45) is 0.501. The van der Waals surface area contributed by atoms with Gasteiger partial charge in [-0.3, -0.25) is 0 Å². The Bertz CT molecular complexity index is 654. The third-order valence-corrected chi connectivity index (χ3v) is 3.09. The zero-order chi connectivity index (χ0) is 15.2. The second-order valence-corrected chi connectivity index (χ2v) is 4.67. The molecule has 0 unspecified atom stereocenters. The molecule has 4 N–H and O–H groups in total. The highest BCUT2D eigenvalue weighted by Gasteiger charge is 2.11. The Hall–Kier alpha value is -2.53. The van der Waals surface area contributed by atoms with Crippen LogP contribution in [-0.2, 0) is 6.42 Å². The molecule has 0 amide bonds. The molecule has 0 fully saturated rings. The minimum atomic E-state index is -0.00959. The van der Waals surface area contributed by atoms with Gasteiger partial charge in [-0.1, -0.05) is 29.4 Å². The van der Waals surface area contributed by atoms with E-state index in [2.05, 4.69) is 5.16 Å². The van der Waals surface area contributed by atoms with Crippen molar-refractivity contribution in [1.82, 2.24) is 0 Å². The number of hydrogen-bond donors (Lipinski definition) is 3. The average Bonchev–Trinajstić information content (AvgIpc) is 2.49. The summed E-state index contributed by atoms with van der Waals surface area (Å²) in [6, 6.07) is 12.9. The van der Waals surface area contributed by atoms with Crippen LogP contribution in [0.25, 0.3) is 0 Å². The monoisotopic (exact) mass is 286 g/mol. The van der Waals surface area contributed by atoms with Crippen LogP contribution in [0.2, 0.25) is 0 Å². The highest BCUT2D eigenvalue weighted by Crippen LogP contribution is 2.29. The van der Waals surface area contributed by atoms with Crippen LogP contribution in [0.4, 0.5) is 0 Å². The molecular weight excluding hydrogens is 268 g/mol. The molecule has 2 aromatic carbocycles. The first-order valence-corrected chi connectivity index (χ1v) is 6.61. The van der Waals surface area contributed by atoms with Crippen molar-refractivity contribution in [3.05, 3.63) is 59.2 Å². The Morgan fingerprint density at radius 3 is 2.67 bits per heavy atom. The maximum atomic E-state index is 9.11. The van der Waals surface area contributed by atoms with Gasteiger partial charge in [0.1, 0.15) is 11.5 Å². The van der Waals surface area contributed by atoms with Gasteiger partial charge in [0.15, 0.2) is 5.84 Å². The lowest BCUT2D eigenvalue weighted by Crippen LogP contribution is -2.14. The van der Waals surface area contributed by atoms with Crippen LogP contribution in [0.15, 0.2) is 47.6 Å². The SMILES string of the molecule is Cc1ccc(/C(N)=N/O)c(Oc2ccccc2CCO)c1. The number of nitrogens with zero attached hydrogens (tertiary/aromatic N) is 1. The predicted octanol–water partition coefficient (Wildman–Crippen LogP) is 2.42. The molecular formula is C16H18N2O3. The van der Waals surface area contributed by atoms with Gasteiger partial charge in [0.25, 0.3) is 0 Å². The fraction of sp³-hybridized carbons (Fsp3) is 0.188. The second-order valence-electron chi connectivity index (χ2n) is 4.67.